The van der Waals surface area contributed by atoms with Gasteiger partial charge >= 0.3 is 0 Å². The van der Waals surface area contributed by atoms with Gasteiger partial charge in [-0.1, -0.05) is 242 Å². The third-order valence-corrected chi connectivity index (χ3v) is 16.4. The minimum atomic E-state index is -0.341. The van der Waals surface area contributed by atoms with Gasteiger partial charge in [0.15, 0.2) is 0 Å². The fourth-order valence-electron chi connectivity index (χ4n) is 12.4. The molecular formula is C74H62N2. The maximum Gasteiger partial charge on any atom is 0.0561 e. The highest BCUT2D eigenvalue weighted by molar-refractivity contribution is 6.12. The average Bonchev–Trinajstić information content (AvgIpc) is 4.13. The molecule has 0 amide bonds. The lowest BCUT2D eigenvalue weighted by Crippen LogP contribution is -2.22. The summed E-state index contributed by atoms with van der Waals surface area (Å²) in [5.74, 6) is 0. The zero-order valence-corrected chi connectivity index (χ0v) is 44.6. The fraction of sp³-hybridized carbons (Fsp3) is 0.135. The van der Waals surface area contributed by atoms with Gasteiger partial charge in [0.2, 0.25) is 0 Å². The molecule has 1 aliphatic rings. The van der Waals surface area contributed by atoms with Crippen LogP contribution in [0.4, 0.5) is 17.1 Å². The number of aromatic nitrogens is 1. The van der Waals surface area contributed by atoms with Crippen molar-refractivity contribution in [3.63, 3.8) is 0 Å². The van der Waals surface area contributed by atoms with Crippen molar-refractivity contribution in [2.24, 2.45) is 0 Å². The van der Waals surface area contributed by atoms with Crippen LogP contribution in [0.2, 0.25) is 0 Å². The van der Waals surface area contributed by atoms with Crippen molar-refractivity contribution in [3.05, 3.63) is 277 Å². The zero-order chi connectivity index (χ0) is 51.9. The molecule has 11 aromatic carbocycles. The predicted octanol–water partition coefficient (Wildman–Crippen LogP) is 20.3. The molecule has 1 aliphatic carbocycles. The van der Waals surface area contributed by atoms with Gasteiger partial charge in [-0.2, -0.15) is 0 Å². The topological polar surface area (TPSA) is 8.17 Å². The van der Waals surface area contributed by atoms with Crippen LogP contribution in [-0.2, 0) is 16.2 Å². The number of para-hydroxylation sites is 4. The maximum absolute atomic E-state index is 2.54. The van der Waals surface area contributed by atoms with Crippen LogP contribution in [0.1, 0.15) is 76.3 Å². The summed E-state index contributed by atoms with van der Waals surface area (Å²) < 4.78 is 2.43. The second-order valence-corrected chi connectivity index (χ2v) is 23.1. The Hall–Kier alpha value is -8.72. The minimum Gasteiger partial charge on any atom is -0.309 e. The van der Waals surface area contributed by atoms with E-state index in [1.165, 1.54) is 88.3 Å². The Morgan fingerprint density at radius 3 is 1.63 bits per heavy atom. The molecule has 13 rings (SSSR count). The van der Waals surface area contributed by atoms with E-state index < -0.39 is 0 Å². The lowest BCUT2D eigenvalue weighted by atomic mass is 9.74. The van der Waals surface area contributed by atoms with Gasteiger partial charge < -0.3 is 9.47 Å². The Bertz CT molecular complexity index is 4160. The van der Waals surface area contributed by atoms with Crippen LogP contribution in [-0.4, -0.2) is 4.57 Å². The third-order valence-electron chi connectivity index (χ3n) is 16.4. The number of hydrogen-bond donors (Lipinski definition) is 0. The van der Waals surface area contributed by atoms with Crippen LogP contribution < -0.4 is 4.90 Å². The molecule has 1 unspecified atom stereocenters. The second-order valence-electron chi connectivity index (χ2n) is 23.1. The van der Waals surface area contributed by atoms with Crippen molar-refractivity contribution in [2.75, 3.05) is 4.90 Å². The maximum atomic E-state index is 2.54. The molecule has 0 fully saturated rings. The molecule has 2 heteroatoms. The standard InChI is InChI=1S/C74H62N2/c1-72(2,3)53-44-51(45-54(47-53)73(4,5)6)58-34-22-24-49-25-23-35-64(71(49)58)62-33-17-21-39-69(62)76(56-41-43-63-61-32-16-20-38-68(61)75(70(63)48-56)55-28-12-9-13-29-55)67-37-19-15-30-57(67)50-40-42-60-59-31-14-18-36-65(59)74(7,66(60)46-50)52-26-10-8-11-27-52/h8-48H,1-7H3. The van der Waals surface area contributed by atoms with E-state index in [-0.39, 0.29) is 16.2 Å². The van der Waals surface area contributed by atoms with E-state index in [2.05, 4.69) is 307 Å². The van der Waals surface area contributed by atoms with Crippen LogP contribution in [0.5, 0.6) is 0 Å². The highest BCUT2D eigenvalue weighted by Gasteiger charge is 2.41. The van der Waals surface area contributed by atoms with Gasteiger partial charge in [-0.15, -0.1) is 0 Å². The van der Waals surface area contributed by atoms with Gasteiger partial charge in [-0.3, -0.25) is 0 Å². The van der Waals surface area contributed by atoms with E-state index in [1.54, 1.807) is 0 Å². The molecule has 0 bridgehead atoms. The van der Waals surface area contributed by atoms with Gasteiger partial charge in [-0.05, 0) is 138 Å². The number of anilines is 3. The van der Waals surface area contributed by atoms with E-state index in [1.807, 2.05) is 0 Å². The molecule has 0 saturated carbocycles. The lowest BCUT2D eigenvalue weighted by Gasteiger charge is -2.31. The molecule has 368 valence electrons. The minimum absolute atomic E-state index is 0.0276. The molecule has 0 radical (unpaired) electrons. The molecule has 12 aromatic rings. The van der Waals surface area contributed by atoms with Gasteiger partial charge in [0.05, 0.1) is 22.4 Å². The molecular weight excluding hydrogens is 917 g/mol. The van der Waals surface area contributed by atoms with E-state index in [4.69, 9.17) is 0 Å². The molecule has 76 heavy (non-hydrogen) atoms. The zero-order valence-electron chi connectivity index (χ0n) is 44.6. The SMILES string of the molecule is CC(C)(C)c1cc(-c2cccc3cccc(-c4ccccc4N(c4ccc5c6ccccc6n(-c6ccccc6)c5c4)c4ccccc4-c4ccc5c(c4)C(C)(c4ccccc4)c4ccccc4-5)c23)cc(C(C)(C)C)c1. The number of rotatable bonds is 8. The molecule has 2 nitrogen and oxygen atoms in total. The van der Waals surface area contributed by atoms with E-state index in [9.17, 15) is 0 Å². The Morgan fingerprint density at radius 2 is 0.921 bits per heavy atom. The summed E-state index contributed by atoms with van der Waals surface area (Å²) in [7, 11) is 0. The summed E-state index contributed by atoms with van der Waals surface area (Å²) in [6.07, 6.45) is 0. The Balaban J connectivity index is 1.08. The monoisotopic (exact) mass is 978 g/mol. The van der Waals surface area contributed by atoms with Gasteiger partial charge in [0, 0.05) is 38.7 Å². The highest BCUT2D eigenvalue weighted by atomic mass is 15.1. The first-order valence-corrected chi connectivity index (χ1v) is 26.9. The number of nitrogens with zero attached hydrogens (tertiary/aromatic N) is 2. The smallest absolute Gasteiger partial charge is 0.0561 e. The van der Waals surface area contributed by atoms with E-state index >= 15 is 0 Å². The number of hydrogen-bond acceptors (Lipinski definition) is 1. The van der Waals surface area contributed by atoms with Crippen molar-refractivity contribution in [1.82, 2.24) is 4.57 Å². The average molecular weight is 979 g/mol. The van der Waals surface area contributed by atoms with E-state index in [0.29, 0.717) is 0 Å². The summed E-state index contributed by atoms with van der Waals surface area (Å²) in [5.41, 5.74) is 22.7. The van der Waals surface area contributed by atoms with Crippen molar-refractivity contribution in [1.29, 1.82) is 0 Å². The van der Waals surface area contributed by atoms with E-state index in [0.717, 1.165) is 39.4 Å². The summed E-state index contributed by atoms with van der Waals surface area (Å²) in [6.45, 7) is 16.4. The van der Waals surface area contributed by atoms with Gasteiger partial charge in [-0.25, -0.2) is 0 Å². The van der Waals surface area contributed by atoms with Crippen molar-refractivity contribution >= 4 is 49.6 Å². The molecule has 0 N–H and O–H groups in total. The molecule has 1 heterocycles. The first kappa shape index (κ1) is 47.0. The molecule has 1 aromatic heterocycles. The number of fused-ring (bicyclic) bond motifs is 7. The van der Waals surface area contributed by atoms with Crippen molar-refractivity contribution in [2.45, 2.75) is 64.7 Å². The molecule has 0 spiro atoms. The molecule has 0 aliphatic heterocycles. The van der Waals surface area contributed by atoms with Crippen molar-refractivity contribution < 1.29 is 0 Å². The summed E-state index contributed by atoms with van der Waals surface area (Å²) in [6, 6.07) is 93.1. The Labute approximate surface area is 448 Å². The highest BCUT2D eigenvalue weighted by Crippen LogP contribution is 2.55. The van der Waals surface area contributed by atoms with Crippen molar-refractivity contribution in [3.8, 4) is 50.2 Å². The fourth-order valence-corrected chi connectivity index (χ4v) is 12.4. The van der Waals surface area contributed by atoms with Crippen LogP contribution >= 0.6 is 0 Å². The number of benzene rings is 11. The van der Waals surface area contributed by atoms with Crippen LogP contribution in [0, 0.1) is 0 Å². The summed E-state index contributed by atoms with van der Waals surface area (Å²) in [5, 5.41) is 4.91. The summed E-state index contributed by atoms with van der Waals surface area (Å²) >= 11 is 0. The van der Waals surface area contributed by atoms with Gasteiger partial charge in [0.1, 0.15) is 0 Å². The predicted molar refractivity (Wildman–Crippen MR) is 324 cm³/mol. The lowest BCUT2D eigenvalue weighted by molar-refractivity contribution is 0.569. The Morgan fingerprint density at radius 1 is 0.368 bits per heavy atom. The first-order chi connectivity index (χ1) is 36.9. The third kappa shape index (κ3) is 7.69. The molecule has 1 atom stereocenters. The first-order valence-electron chi connectivity index (χ1n) is 26.9. The van der Waals surface area contributed by atoms with Gasteiger partial charge in [0.25, 0.3) is 0 Å². The normalized spacial score (nSPS) is 14.3. The van der Waals surface area contributed by atoms with Crippen LogP contribution in [0.15, 0.2) is 249 Å². The molecule has 0 saturated heterocycles. The largest absolute Gasteiger partial charge is 0.309 e. The van der Waals surface area contributed by atoms with Crippen LogP contribution in [0.25, 0.3) is 82.8 Å². The second kappa shape index (κ2) is 18.0. The van der Waals surface area contributed by atoms with Crippen LogP contribution in [0.3, 0.4) is 0 Å². The summed E-state index contributed by atoms with van der Waals surface area (Å²) in [4.78, 5) is 2.54. The quantitative estimate of drug-likeness (QED) is 0.147. The Kier molecular flexibility index (Phi) is 11.1.